The lowest BCUT2D eigenvalue weighted by molar-refractivity contribution is -0.138. The molecule has 2 aromatic carbocycles. The van der Waals surface area contributed by atoms with Crippen LogP contribution in [-0.2, 0) is 9.63 Å². The first kappa shape index (κ1) is 20.4. The number of hydrogen-bond donors (Lipinski definition) is 0. The lowest BCUT2D eigenvalue weighted by Crippen LogP contribution is -2.29. The average molecular weight is 417 g/mol. The van der Waals surface area contributed by atoms with E-state index in [1.807, 2.05) is 61.5 Å². The number of ether oxygens (including phenoxy) is 1. The Hall–Kier alpha value is -3.87. The molecule has 158 valence electrons. The molecule has 1 aliphatic rings. The van der Waals surface area contributed by atoms with Crippen LogP contribution in [0.25, 0.3) is 0 Å². The Balaban J connectivity index is 1.47. The molecule has 0 saturated carbocycles. The van der Waals surface area contributed by atoms with Gasteiger partial charge in [0, 0.05) is 12.0 Å². The molecule has 1 amide bonds. The molecule has 0 aliphatic carbocycles. The van der Waals surface area contributed by atoms with Crippen LogP contribution in [0.3, 0.4) is 0 Å². The summed E-state index contributed by atoms with van der Waals surface area (Å²) in [5.41, 5.74) is 3.73. The van der Waals surface area contributed by atoms with Crippen molar-refractivity contribution in [3.8, 4) is 5.75 Å². The molecule has 0 saturated heterocycles. The number of rotatable bonds is 7. The van der Waals surface area contributed by atoms with Crippen molar-refractivity contribution in [2.75, 3.05) is 13.7 Å². The number of benzene rings is 2. The molecular weight excluding hydrogens is 394 g/mol. The Bertz CT molecular complexity index is 1090. The van der Waals surface area contributed by atoms with Gasteiger partial charge in [0.1, 0.15) is 17.6 Å². The summed E-state index contributed by atoms with van der Waals surface area (Å²) in [7, 11) is 1.59. The quantitative estimate of drug-likeness (QED) is 0.424. The number of nitrogens with zero attached hydrogens (tertiary/aromatic N) is 3. The lowest BCUT2D eigenvalue weighted by Gasteiger charge is -2.19. The van der Waals surface area contributed by atoms with E-state index >= 15 is 0 Å². The highest BCUT2D eigenvalue weighted by molar-refractivity contribution is 6.03. The van der Waals surface area contributed by atoms with Crippen molar-refractivity contribution in [3.63, 3.8) is 0 Å². The van der Waals surface area contributed by atoms with Gasteiger partial charge in [-0.15, -0.1) is 0 Å². The summed E-state index contributed by atoms with van der Waals surface area (Å²) in [4.78, 5) is 18.1. The minimum Gasteiger partial charge on any atom is -0.496 e. The van der Waals surface area contributed by atoms with Crippen LogP contribution in [0.5, 0.6) is 5.75 Å². The van der Waals surface area contributed by atoms with Crippen LogP contribution in [0.15, 0.2) is 81.6 Å². The number of para-hydroxylation sites is 1. The van der Waals surface area contributed by atoms with E-state index in [0.29, 0.717) is 17.9 Å². The fraction of sp³-hybridized carbons (Fsp3) is 0.208. The van der Waals surface area contributed by atoms with E-state index in [1.165, 1.54) is 16.8 Å². The summed E-state index contributed by atoms with van der Waals surface area (Å²) in [5.74, 6) is 1.04. The smallest absolute Gasteiger partial charge is 0.284 e. The van der Waals surface area contributed by atoms with Crippen molar-refractivity contribution in [3.05, 3.63) is 89.4 Å². The first-order valence-corrected chi connectivity index (χ1v) is 9.94. The third kappa shape index (κ3) is 4.66. The predicted octanol–water partition coefficient (Wildman–Crippen LogP) is 4.33. The number of aryl methyl sites for hydroxylation is 1. The summed E-state index contributed by atoms with van der Waals surface area (Å²) >= 11 is 0. The predicted molar refractivity (Wildman–Crippen MR) is 117 cm³/mol. The number of hydrazone groups is 1. The Morgan fingerprint density at radius 3 is 2.74 bits per heavy atom. The van der Waals surface area contributed by atoms with E-state index in [9.17, 15) is 4.79 Å². The van der Waals surface area contributed by atoms with Gasteiger partial charge >= 0.3 is 0 Å². The summed E-state index contributed by atoms with van der Waals surface area (Å²) in [6.07, 6.45) is 3.67. The Morgan fingerprint density at radius 1 is 1.19 bits per heavy atom. The minimum absolute atomic E-state index is 0.243. The minimum atomic E-state index is -0.319. The second kappa shape index (κ2) is 9.30. The second-order valence-corrected chi connectivity index (χ2v) is 7.14. The van der Waals surface area contributed by atoms with Crippen LogP contribution in [-0.4, -0.2) is 36.6 Å². The van der Waals surface area contributed by atoms with Gasteiger partial charge in [-0.05, 0) is 36.8 Å². The first-order valence-electron chi connectivity index (χ1n) is 9.94. The molecule has 1 aromatic heterocycles. The summed E-state index contributed by atoms with van der Waals surface area (Å²) in [5, 5.41) is 9.91. The molecule has 31 heavy (non-hydrogen) atoms. The van der Waals surface area contributed by atoms with Gasteiger partial charge in [0.05, 0.1) is 25.3 Å². The van der Waals surface area contributed by atoms with E-state index in [2.05, 4.69) is 10.3 Å². The Morgan fingerprint density at radius 2 is 2.00 bits per heavy atom. The molecule has 4 rings (SSSR count). The van der Waals surface area contributed by atoms with Gasteiger partial charge in [-0.2, -0.15) is 5.10 Å². The van der Waals surface area contributed by atoms with Crippen LogP contribution >= 0.6 is 0 Å². The fourth-order valence-corrected chi connectivity index (χ4v) is 3.39. The van der Waals surface area contributed by atoms with E-state index in [0.717, 1.165) is 16.8 Å². The van der Waals surface area contributed by atoms with E-state index < -0.39 is 0 Å². The summed E-state index contributed by atoms with van der Waals surface area (Å²) < 4.78 is 10.8. The van der Waals surface area contributed by atoms with E-state index in [-0.39, 0.29) is 18.6 Å². The third-order valence-corrected chi connectivity index (χ3v) is 5.02. The molecule has 0 radical (unpaired) electrons. The SMILES string of the molecule is COc1ccccc1/C=N\OCC(=O)N1N=C(c2ccc(C)cc2)C[C@H]1c1ccco1. The van der Waals surface area contributed by atoms with Crippen LogP contribution in [0.2, 0.25) is 0 Å². The number of carbonyl (C=O) groups is 1. The molecule has 3 aromatic rings. The zero-order chi connectivity index (χ0) is 21.6. The largest absolute Gasteiger partial charge is 0.496 e. The standard InChI is InChI=1S/C24H23N3O4/c1-17-9-11-18(12-10-17)20-14-21(23-8-5-13-30-23)27(26-20)24(28)16-31-25-15-19-6-3-4-7-22(19)29-2/h3-13,15,21H,14,16H2,1-2H3/b25-15-/t21-/m0/s1. The zero-order valence-electron chi connectivity index (χ0n) is 17.4. The van der Waals surface area contributed by atoms with E-state index in [1.54, 1.807) is 19.4 Å². The molecular formula is C24H23N3O4. The van der Waals surface area contributed by atoms with Gasteiger partial charge in [-0.3, -0.25) is 4.79 Å². The number of carbonyl (C=O) groups excluding carboxylic acids is 1. The third-order valence-electron chi connectivity index (χ3n) is 5.02. The van der Waals surface area contributed by atoms with Gasteiger partial charge in [-0.25, -0.2) is 5.01 Å². The normalized spacial score (nSPS) is 15.9. The number of amides is 1. The van der Waals surface area contributed by atoms with Crippen molar-refractivity contribution in [1.82, 2.24) is 5.01 Å². The summed E-state index contributed by atoms with van der Waals surface area (Å²) in [6.45, 7) is 1.79. The first-order chi connectivity index (χ1) is 15.2. The summed E-state index contributed by atoms with van der Waals surface area (Å²) in [6, 6.07) is 18.8. The second-order valence-electron chi connectivity index (χ2n) is 7.14. The maximum absolute atomic E-state index is 12.9. The van der Waals surface area contributed by atoms with Crippen LogP contribution in [0, 0.1) is 6.92 Å². The van der Waals surface area contributed by atoms with Gasteiger partial charge in [0.15, 0.2) is 6.61 Å². The fourth-order valence-electron chi connectivity index (χ4n) is 3.39. The van der Waals surface area contributed by atoms with Crippen molar-refractivity contribution in [1.29, 1.82) is 0 Å². The molecule has 0 fully saturated rings. The lowest BCUT2D eigenvalue weighted by atomic mass is 10.0. The number of furan rings is 1. The Kier molecular flexibility index (Phi) is 6.12. The number of hydrogen-bond acceptors (Lipinski definition) is 6. The molecule has 2 heterocycles. The maximum Gasteiger partial charge on any atom is 0.284 e. The molecule has 0 N–H and O–H groups in total. The van der Waals surface area contributed by atoms with Crippen molar-refractivity contribution in [2.24, 2.45) is 10.3 Å². The molecule has 0 bridgehead atoms. The van der Waals surface area contributed by atoms with Crippen LogP contribution in [0.4, 0.5) is 0 Å². The van der Waals surface area contributed by atoms with Crippen LogP contribution < -0.4 is 4.74 Å². The Labute approximate surface area is 180 Å². The number of oxime groups is 1. The van der Waals surface area contributed by atoms with Gasteiger partial charge in [-0.1, -0.05) is 47.1 Å². The van der Waals surface area contributed by atoms with Crippen molar-refractivity contribution in [2.45, 2.75) is 19.4 Å². The van der Waals surface area contributed by atoms with Gasteiger partial charge in [0.2, 0.25) is 0 Å². The van der Waals surface area contributed by atoms with Crippen molar-refractivity contribution < 1.29 is 18.8 Å². The van der Waals surface area contributed by atoms with Crippen molar-refractivity contribution >= 4 is 17.8 Å². The van der Waals surface area contributed by atoms with Crippen LogP contribution in [0.1, 0.15) is 34.9 Å². The molecule has 0 unspecified atom stereocenters. The number of methoxy groups -OCH3 is 1. The molecule has 7 heteroatoms. The molecule has 1 aliphatic heterocycles. The highest BCUT2D eigenvalue weighted by Gasteiger charge is 2.35. The van der Waals surface area contributed by atoms with Gasteiger partial charge in [0.25, 0.3) is 5.91 Å². The molecule has 0 spiro atoms. The maximum atomic E-state index is 12.9. The highest BCUT2D eigenvalue weighted by atomic mass is 16.6. The molecule has 7 nitrogen and oxygen atoms in total. The van der Waals surface area contributed by atoms with Gasteiger partial charge < -0.3 is 14.0 Å². The highest BCUT2D eigenvalue weighted by Crippen LogP contribution is 2.33. The molecule has 1 atom stereocenters. The monoisotopic (exact) mass is 417 g/mol. The average Bonchev–Trinajstić information content (AvgIpc) is 3.47. The zero-order valence-corrected chi connectivity index (χ0v) is 17.4. The van der Waals surface area contributed by atoms with E-state index in [4.69, 9.17) is 14.0 Å². The topological polar surface area (TPSA) is 76.6 Å².